The molecular formula is C33H28BrN3O5. The summed E-state index contributed by atoms with van der Waals surface area (Å²) in [6.07, 6.45) is 1.49. The fraction of sp³-hybridized carbons (Fsp3) is 0.121. The molecular weight excluding hydrogens is 598 g/mol. The fourth-order valence-electron chi connectivity index (χ4n) is 4.58. The maximum atomic E-state index is 13.4. The summed E-state index contributed by atoms with van der Waals surface area (Å²) in [5.74, 6) is 0.370. The highest BCUT2D eigenvalue weighted by Gasteiger charge is 2.23. The number of benzene rings is 4. The number of aromatic nitrogens is 1. The Hall–Kier alpha value is -4.89. The van der Waals surface area contributed by atoms with E-state index in [0.29, 0.717) is 40.4 Å². The molecule has 42 heavy (non-hydrogen) atoms. The Morgan fingerprint density at radius 1 is 0.952 bits per heavy atom. The van der Waals surface area contributed by atoms with Gasteiger partial charge in [-0.2, -0.15) is 5.10 Å². The van der Waals surface area contributed by atoms with E-state index in [4.69, 9.17) is 14.2 Å². The van der Waals surface area contributed by atoms with E-state index in [0.717, 1.165) is 26.5 Å². The molecule has 1 heterocycles. The lowest BCUT2D eigenvalue weighted by atomic mass is 10.0. The first-order chi connectivity index (χ1) is 20.4. The number of nitrogens with one attached hydrogen (secondary N) is 2. The number of hydrogen-bond donors (Lipinski definition) is 2. The third-order valence-corrected chi connectivity index (χ3v) is 7.14. The van der Waals surface area contributed by atoms with Crippen molar-refractivity contribution in [2.75, 3.05) is 13.7 Å². The van der Waals surface area contributed by atoms with E-state index in [-0.39, 0.29) is 5.75 Å². The van der Waals surface area contributed by atoms with Crippen LogP contribution in [0.15, 0.2) is 94.5 Å². The van der Waals surface area contributed by atoms with Crippen LogP contribution in [-0.4, -0.2) is 36.8 Å². The first-order valence-corrected chi connectivity index (χ1v) is 14.0. The Balaban J connectivity index is 1.40. The number of carbonyl (C=O) groups is 2. The van der Waals surface area contributed by atoms with Crippen molar-refractivity contribution < 1.29 is 23.8 Å². The van der Waals surface area contributed by atoms with Crippen molar-refractivity contribution in [2.24, 2.45) is 5.10 Å². The van der Waals surface area contributed by atoms with Crippen LogP contribution in [0, 0.1) is 6.92 Å². The van der Waals surface area contributed by atoms with E-state index < -0.39 is 11.9 Å². The van der Waals surface area contributed by atoms with Crippen molar-refractivity contribution in [1.82, 2.24) is 10.4 Å². The van der Waals surface area contributed by atoms with E-state index in [1.807, 2.05) is 62.4 Å². The number of carbonyl (C=O) groups excluding carboxylic acids is 2. The third-order valence-electron chi connectivity index (χ3n) is 6.48. The zero-order valence-corrected chi connectivity index (χ0v) is 24.8. The Kier molecular flexibility index (Phi) is 8.68. The number of rotatable bonds is 9. The molecule has 0 saturated heterocycles. The minimum Gasteiger partial charge on any atom is -0.495 e. The quantitative estimate of drug-likeness (QED) is 0.0774. The zero-order valence-electron chi connectivity index (χ0n) is 23.2. The van der Waals surface area contributed by atoms with Gasteiger partial charge in [-0.25, -0.2) is 10.2 Å². The average molecular weight is 627 g/mol. The molecule has 1 aromatic heterocycles. The molecule has 0 radical (unpaired) electrons. The molecule has 212 valence electrons. The van der Waals surface area contributed by atoms with Gasteiger partial charge in [0.05, 0.1) is 31.0 Å². The minimum atomic E-state index is -0.482. The molecule has 0 aliphatic carbocycles. The molecule has 1 amide bonds. The number of fused-ring (bicyclic) bond motifs is 1. The van der Waals surface area contributed by atoms with Gasteiger partial charge in [-0.1, -0.05) is 64.0 Å². The predicted octanol–water partition coefficient (Wildman–Crippen LogP) is 7.30. The van der Waals surface area contributed by atoms with Crippen LogP contribution in [0.25, 0.3) is 22.0 Å². The van der Waals surface area contributed by atoms with E-state index in [1.54, 1.807) is 43.5 Å². The fourth-order valence-corrected chi connectivity index (χ4v) is 5.11. The van der Waals surface area contributed by atoms with E-state index >= 15 is 0 Å². The molecule has 5 aromatic rings. The van der Waals surface area contributed by atoms with E-state index in [9.17, 15) is 9.59 Å². The van der Waals surface area contributed by atoms with Gasteiger partial charge in [0.15, 0.2) is 11.5 Å². The number of aryl methyl sites for hydroxylation is 1. The summed E-state index contributed by atoms with van der Waals surface area (Å²) in [7, 11) is 1.58. The maximum Gasteiger partial charge on any atom is 0.343 e. The van der Waals surface area contributed by atoms with Gasteiger partial charge < -0.3 is 19.2 Å². The molecule has 0 aliphatic rings. The molecule has 2 N–H and O–H groups in total. The number of H-pyrrole nitrogens is 1. The highest BCUT2D eigenvalue weighted by Crippen LogP contribution is 2.40. The van der Waals surface area contributed by atoms with Crippen molar-refractivity contribution in [1.29, 1.82) is 0 Å². The number of halogens is 1. The van der Waals surface area contributed by atoms with Gasteiger partial charge in [0.25, 0.3) is 5.91 Å². The normalized spacial score (nSPS) is 11.0. The Morgan fingerprint density at radius 2 is 1.74 bits per heavy atom. The topological polar surface area (TPSA) is 102 Å². The molecule has 0 fully saturated rings. The standard InChI is InChI=1S/C33H28BrN3O5/c1-4-41-27-18-21(13-15-25(27)42-33(39)23-12-8-9-20(2)17-23)19-35-37-32(38)31-28(22-10-6-5-7-11-22)29-24(34)14-16-26(40-3)30(29)36-31/h5-19,36H,4H2,1-3H3,(H,37,38). The highest BCUT2D eigenvalue weighted by atomic mass is 79.9. The molecule has 0 aliphatic heterocycles. The minimum absolute atomic E-state index is 0.287. The average Bonchev–Trinajstić information content (AvgIpc) is 3.41. The molecule has 0 saturated carbocycles. The number of methoxy groups -OCH3 is 1. The van der Waals surface area contributed by atoms with Crippen LogP contribution in [0.1, 0.15) is 38.9 Å². The Labute approximate surface area is 251 Å². The SMILES string of the molecule is CCOc1cc(C=NNC(=O)c2[nH]c3c(OC)ccc(Br)c3c2-c2ccccc2)ccc1OC(=O)c1cccc(C)c1. The predicted molar refractivity (Wildman–Crippen MR) is 167 cm³/mol. The van der Waals surface area contributed by atoms with E-state index in [2.05, 4.69) is 31.4 Å². The second-order valence-corrected chi connectivity index (χ2v) is 10.2. The summed E-state index contributed by atoms with van der Waals surface area (Å²) in [6.45, 7) is 4.12. The van der Waals surface area contributed by atoms with Crippen LogP contribution in [-0.2, 0) is 0 Å². The van der Waals surface area contributed by atoms with Crippen LogP contribution in [0.4, 0.5) is 0 Å². The molecule has 0 atom stereocenters. The van der Waals surface area contributed by atoms with Crippen LogP contribution in [0.2, 0.25) is 0 Å². The number of esters is 1. The van der Waals surface area contributed by atoms with Crippen molar-refractivity contribution in [3.8, 4) is 28.4 Å². The molecule has 0 bridgehead atoms. The monoisotopic (exact) mass is 625 g/mol. The largest absolute Gasteiger partial charge is 0.495 e. The van der Waals surface area contributed by atoms with Gasteiger partial charge >= 0.3 is 5.97 Å². The number of hydrazone groups is 1. The van der Waals surface area contributed by atoms with Crippen molar-refractivity contribution in [3.63, 3.8) is 0 Å². The Morgan fingerprint density at radius 3 is 2.48 bits per heavy atom. The van der Waals surface area contributed by atoms with Crippen molar-refractivity contribution >= 4 is 44.9 Å². The summed E-state index contributed by atoms with van der Waals surface area (Å²) < 4.78 is 17.7. The van der Waals surface area contributed by atoms with Crippen LogP contribution in [0.3, 0.4) is 0 Å². The lowest BCUT2D eigenvalue weighted by Crippen LogP contribution is -2.19. The molecule has 9 heteroatoms. The van der Waals surface area contributed by atoms with Gasteiger partial charge in [-0.05, 0) is 67.4 Å². The van der Waals surface area contributed by atoms with Crippen LogP contribution < -0.4 is 19.6 Å². The van der Waals surface area contributed by atoms with Crippen LogP contribution >= 0.6 is 15.9 Å². The number of amides is 1. The molecule has 4 aromatic carbocycles. The third kappa shape index (κ3) is 6.06. The number of aromatic amines is 1. The number of nitrogens with zero attached hydrogens (tertiary/aromatic N) is 1. The molecule has 0 unspecified atom stereocenters. The van der Waals surface area contributed by atoms with Gasteiger partial charge in [0.1, 0.15) is 11.4 Å². The Bertz CT molecular complexity index is 1800. The van der Waals surface area contributed by atoms with Gasteiger partial charge in [-0.3, -0.25) is 4.79 Å². The second-order valence-electron chi connectivity index (χ2n) is 9.34. The first kappa shape index (κ1) is 28.6. The lowest BCUT2D eigenvalue weighted by molar-refractivity contribution is 0.0728. The van der Waals surface area contributed by atoms with Gasteiger partial charge in [0.2, 0.25) is 0 Å². The summed E-state index contributed by atoms with van der Waals surface area (Å²) in [4.78, 5) is 29.3. The van der Waals surface area contributed by atoms with Crippen molar-refractivity contribution in [2.45, 2.75) is 13.8 Å². The highest BCUT2D eigenvalue weighted by molar-refractivity contribution is 9.10. The van der Waals surface area contributed by atoms with Crippen LogP contribution in [0.5, 0.6) is 17.2 Å². The smallest absolute Gasteiger partial charge is 0.343 e. The molecule has 5 rings (SSSR count). The van der Waals surface area contributed by atoms with Crippen molar-refractivity contribution in [3.05, 3.63) is 112 Å². The second kappa shape index (κ2) is 12.7. The zero-order chi connectivity index (χ0) is 29.6. The summed E-state index contributed by atoms with van der Waals surface area (Å²) in [5.41, 5.74) is 7.28. The molecule has 8 nitrogen and oxygen atoms in total. The number of hydrogen-bond acceptors (Lipinski definition) is 6. The summed E-state index contributed by atoms with van der Waals surface area (Å²) in [6, 6.07) is 25.6. The summed E-state index contributed by atoms with van der Waals surface area (Å²) in [5, 5.41) is 5.01. The van der Waals surface area contributed by atoms with Gasteiger partial charge in [-0.15, -0.1) is 0 Å². The maximum absolute atomic E-state index is 13.4. The van der Waals surface area contributed by atoms with Gasteiger partial charge in [0, 0.05) is 15.4 Å². The first-order valence-electron chi connectivity index (χ1n) is 13.2. The summed E-state index contributed by atoms with van der Waals surface area (Å²) >= 11 is 3.63. The molecule has 0 spiro atoms. The van der Waals surface area contributed by atoms with E-state index in [1.165, 1.54) is 6.21 Å². The lowest BCUT2D eigenvalue weighted by Gasteiger charge is -2.11. The number of ether oxygens (including phenoxy) is 3.